The molecule has 9 nitrogen and oxygen atoms in total. The van der Waals surface area contributed by atoms with Gasteiger partial charge in [0.25, 0.3) is 0 Å². The average Bonchev–Trinajstić information content (AvgIpc) is 3.41. The lowest BCUT2D eigenvalue weighted by atomic mass is 10.1. The minimum atomic E-state index is -1.05. The molecule has 1 saturated carbocycles. The summed E-state index contributed by atoms with van der Waals surface area (Å²) in [5, 5.41) is 23.7. The van der Waals surface area contributed by atoms with Gasteiger partial charge in [0.1, 0.15) is 11.4 Å². The number of hydrogen-bond donors (Lipinski definition) is 6. The summed E-state index contributed by atoms with van der Waals surface area (Å²) in [6.07, 6.45) is 2.35. The molecule has 0 heterocycles. The monoisotopic (exact) mass is 391 g/mol. The van der Waals surface area contributed by atoms with E-state index in [2.05, 4.69) is 29.8 Å². The Kier molecular flexibility index (Phi) is 9.10. The largest absolute Gasteiger partial charge is 0.480 e. The fraction of sp³-hybridized carbons (Fsp3) is 0.474. The fourth-order valence-electron chi connectivity index (χ4n) is 2.28. The third-order valence-electron chi connectivity index (χ3n) is 3.84. The van der Waals surface area contributed by atoms with Crippen molar-refractivity contribution < 1.29 is 19.5 Å². The molecule has 2 rings (SSSR count). The molecule has 1 aliphatic rings. The Balaban J connectivity index is 0.00000122. The van der Waals surface area contributed by atoms with Crippen molar-refractivity contribution in [1.82, 2.24) is 16.0 Å². The number of benzene rings is 1. The Labute approximate surface area is 164 Å². The van der Waals surface area contributed by atoms with E-state index in [0.29, 0.717) is 24.9 Å². The zero-order valence-electron chi connectivity index (χ0n) is 16.3. The SMILES string of the molecule is CCC.N=C(N)c1ccc(CNC(=O)C2(NC(=O)CNCC(=O)O)CC2)cc1. The number of aliphatic carboxylic acids is 1. The number of carbonyl (C=O) groups is 3. The van der Waals surface area contributed by atoms with Crippen LogP contribution in [0.2, 0.25) is 0 Å². The van der Waals surface area contributed by atoms with E-state index in [1.807, 2.05) is 0 Å². The maximum Gasteiger partial charge on any atom is 0.317 e. The topological polar surface area (TPSA) is 157 Å². The molecule has 0 aromatic heterocycles. The van der Waals surface area contributed by atoms with Gasteiger partial charge in [0.2, 0.25) is 11.8 Å². The second kappa shape index (κ2) is 11.0. The van der Waals surface area contributed by atoms with Gasteiger partial charge in [-0.05, 0) is 18.4 Å². The molecule has 0 radical (unpaired) electrons. The van der Waals surface area contributed by atoms with Gasteiger partial charge in [0, 0.05) is 12.1 Å². The van der Waals surface area contributed by atoms with E-state index in [4.69, 9.17) is 16.2 Å². The lowest BCUT2D eigenvalue weighted by Gasteiger charge is -2.17. The Morgan fingerprint density at radius 2 is 1.71 bits per heavy atom. The van der Waals surface area contributed by atoms with Crippen LogP contribution >= 0.6 is 0 Å². The zero-order valence-corrected chi connectivity index (χ0v) is 16.3. The van der Waals surface area contributed by atoms with Gasteiger partial charge >= 0.3 is 5.97 Å². The first kappa shape index (κ1) is 23.1. The molecule has 0 unspecified atom stereocenters. The number of carboxylic acids is 1. The Bertz CT molecular complexity index is 699. The zero-order chi connectivity index (χ0) is 21.2. The lowest BCUT2D eigenvalue weighted by molar-refractivity contribution is -0.136. The standard InChI is InChI=1S/C16H21N5O4.C3H8/c17-14(18)11-3-1-10(2-4-11)7-20-15(25)16(5-6-16)21-12(22)8-19-9-13(23)24;1-3-2/h1-4,19H,5-9H2,(H3,17,18)(H,20,25)(H,21,22)(H,23,24);3H2,1-2H3. The summed E-state index contributed by atoms with van der Waals surface area (Å²) in [4.78, 5) is 34.5. The van der Waals surface area contributed by atoms with Gasteiger partial charge in [-0.1, -0.05) is 44.5 Å². The molecule has 9 heteroatoms. The molecule has 0 bridgehead atoms. The van der Waals surface area contributed by atoms with Crippen LogP contribution in [-0.4, -0.2) is 47.4 Å². The summed E-state index contributed by atoms with van der Waals surface area (Å²) in [6.45, 7) is 4.07. The maximum atomic E-state index is 12.3. The third-order valence-corrected chi connectivity index (χ3v) is 3.84. The van der Waals surface area contributed by atoms with Gasteiger partial charge in [-0.2, -0.15) is 0 Å². The van der Waals surface area contributed by atoms with E-state index >= 15 is 0 Å². The first-order chi connectivity index (χ1) is 13.2. The van der Waals surface area contributed by atoms with Crippen LogP contribution in [-0.2, 0) is 20.9 Å². The number of rotatable bonds is 9. The molecular formula is C19H29N5O4. The van der Waals surface area contributed by atoms with Crippen molar-refractivity contribution in [2.45, 2.75) is 45.2 Å². The van der Waals surface area contributed by atoms with E-state index in [1.54, 1.807) is 24.3 Å². The van der Waals surface area contributed by atoms with Crippen LogP contribution in [0, 0.1) is 5.41 Å². The minimum absolute atomic E-state index is 0.0215. The van der Waals surface area contributed by atoms with Crippen LogP contribution in [0.1, 0.15) is 44.2 Å². The number of nitrogens with one attached hydrogen (secondary N) is 4. The van der Waals surface area contributed by atoms with Crippen molar-refractivity contribution in [3.63, 3.8) is 0 Å². The van der Waals surface area contributed by atoms with E-state index in [-0.39, 0.29) is 24.8 Å². The highest BCUT2D eigenvalue weighted by Gasteiger charge is 2.50. The maximum absolute atomic E-state index is 12.3. The molecule has 0 aliphatic heterocycles. The first-order valence-corrected chi connectivity index (χ1v) is 9.19. The fourth-order valence-corrected chi connectivity index (χ4v) is 2.28. The van der Waals surface area contributed by atoms with Crippen molar-refractivity contribution in [2.24, 2.45) is 5.73 Å². The number of amides is 2. The normalized spacial score (nSPS) is 13.5. The van der Waals surface area contributed by atoms with Crippen molar-refractivity contribution in [3.05, 3.63) is 35.4 Å². The Morgan fingerprint density at radius 1 is 1.14 bits per heavy atom. The van der Waals surface area contributed by atoms with Gasteiger partial charge in [-0.25, -0.2) is 0 Å². The average molecular weight is 391 g/mol. The number of hydrogen-bond acceptors (Lipinski definition) is 5. The van der Waals surface area contributed by atoms with Gasteiger partial charge in [0.15, 0.2) is 0 Å². The van der Waals surface area contributed by atoms with Crippen LogP contribution in [0.5, 0.6) is 0 Å². The van der Waals surface area contributed by atoms with Crippen molar-refractivity contribution in [1.29, 1.82) is 5.41 Å². The lowest BCUT2D eigenvalue weighted by Crippen LogP contribution is -2.51. The van der Waals surface area contributed by atoms with Crippen LogP contribution in [0.3, 0.4) is 0 Å². The summed E-state index contributed by atoms with van der Waals surface area (Å²) in [7, 11) is 0. The second-order valence-corrected chi connectivity index (χ2v) is 6.63. The van der Waals surface area contributed by atoms with Crippen molar-refractivity contribution in [2.75, 3.05) is 13.1 Å². The van der Waals surface area contributed by atoms with Crippen molar-refractivity contribution >= 4 is 23.6 Å². The number of amidine groups is 1. The molecule has 0 atom stereocenters. The smallest absolute Gasteiger partial charge is 0.317 e. The molecule has 1 aliphatic carbocycles. The van der Waals surface area contributed by atoms with Crippen molar-refractivity contribution in [3.8, 4) is 0 Å². The quantitative estimate of drug-likeness (QED) is 0.263. The van der Waals surface area contributed by atoms with Crippen LogP contribution in [0.15, 0.2) is 24.3 Å². The molecule has 0 saturated heterocycles. The summed E-state index contributed by atoms with van der Waals surface area (Å²) < 4.78 is 0. The highest BCUT2D eigenvalue weighted by atomic mass is 16.4. The second-order valence-electron chi connectivity index (χ2n) is 6.63. The predicted octanol–water partition coefficient (Wildman–Crippen LogP) is 0.326. The Morgan fingerprint density at radius 3 is 2.18 bits per heavy atom. The van der Waals surface area contributed by atoms with Crippen LogP contribution in [0.4, 0.5) is 0 Å². The number of nitrogens with two attached hydrogens (primary N) is 1. The molecule has 1 aromatic carbocycles. The molecule has 2 amide bonds. The molecule has 1 aromatic rings. The number of nitrogen functional groups attached to an aromatic ring is 1. The number of carboxylic acid groups (broad SMARTS) is 1. The highest BCUT2D eigenvalue weighted by Crippen LogP contribution is 2.35. The van der Waals surface area contributed by atoms with Gasteiger partial charge in [-0.3, -0.25) is 25.1 Å². The summed E-state index contributed by atoms with van der Waals surface area (Å²) in [6, 6.07) is 6.94. The van der Waals surface area contributed by atoms with Gasteiger partial charge < -0.3 is 21.5 Å². The van der Waals surface area contributed by atoms with Crippen LogP contribution in [0.25, 0.3) is 0 Å². The molecule has 154 valence electrons. The number of carbonyl (C=O) groups excluding carboxylic acids is 2. The van der Waals surface area contributed by atoms with E-state index < -0.39 is 17.4 Å². The molecular weight excluding hydrogens is 362 g/mol. The van der Waals surface area contributed by atoms with Gasteiger partial charge in [-0.15, -0.1) is 0 Å². The molecule has 7 N–H and O–H groups in total. The summed E-state index contributed by atoms with van der Waals surface area (Å²) >= 11 is 0. The van der Waals surface area contributed by atoms with Crippen LogP contribution < -0.4 is 21.7 Å². The van der Waals surface area contributed by atoms with E-state index in [9.17, 15) is 14.4 Å². The third kappa shape index (κ3) is 7.75. The summed E-state index contributed by atoms with van der Waals surface area (Å²) in [5.41, 5.74) is 5.94. The minimum Gasteiger partial charge on any atom is -0.480 e. The van der Waals surface area contributed by atoms with E-state index in [0.717, 1.165) is 5.56 Å². The molecule has 28 heavy (non-hydrogen) atoms. The summed E-state index contributed by atoms with van der Waals surface area (Å²) in [5.74, 6) is -1.76. The Hall–Kier alpha value is -2.94. The highest BCUT2D eigenvalue weighted by molar-refractivity contribution is 5.95. The predicted molar refractivity (Wildman–Crippen MR) is 106 cm³/mol. The molecule has 0 spiro atoms. The molecule has 1 fully saturated rings. The van der Waals surface area contributed by atoms with Gasteiger partial charge in [0.05, 0.1) is 13.1 Å². The van der Waals surface area contributed by atoms with E-state index in [1.165, 1.54) is 6.42 Å². The first-order valence-electron chi connectivity index (χ1n) is 9.19.